The molecule has 0 aliphatic rings. The predicted molar refractivity (Wildman–Crippen MR) is 103 cm³/mol. The van der Waals surface area contributed by atoms with E-state index in [2.05, 4.69) is 21.2 Å². The molecule has 0 aliphatic heterocycles. The van der Waals surface area contributed by atoms with E-state index >= 15 is 0 Å². The van der Waals surface area contributed by atoms with Crippen molar-refractivity contribution in [3.8, 4) is 0 Å². The molecule has 0 aliphatic carbocycles. The monoisotopic (exact) mass is 393 g/mol. The average Bonchev–Trinajstić information content (AvgIpc) is 2.75. The number of nitro groups is 1. The van der Waals surface area contributed by atoms with Crippen LogP contribution >= 0.6 is 0 Å². The highest BCUT2D eigenvalue weighted by molar-refractivity contribution is 5.98. The largest absolute Gasteiger partial charge is 0.343 e. The Morgan fingerprint density at radius 1 is 0.931 bits per heavy atom. The number of rotatable bonds is 5. The Morgan fingerprint density at radius 3 is 2.52 bits per heavy atom. The molecule has 1 heterocycles. The third-order valence-corrected chi connectivity index (χ3v) is 3.88. The van der Waals surface area contributed by atoms with E-state index < -0.39 is 29.2 Å². The Balaban J connectivity index is 1.51. The molecule has 3 rings (SSSR count). The van der Waals surface area contributed by atoms with Gasteiger partial charge in [0.1, 0.15) is 5.69 Å². The number of hydrazine groups is 1. The molecular formula is C19H15N5O5. The molecule has 0 saturated carbocycles. The number of carbonyl (C=O) groups is 3. The number of nitro benzene ring substituents is 1. The van der Waals surface area contributed by atoms with Gasteiger partial charge >= 0.3 is 0 Å². The lowest BCUT2D eigenvalue weighted by atomic mass is 10.2. The van der Waals surface area contributed by atoms with Gasteiger partial charge in [-0.15, -0.1) is 0 Å². The van der Waals surface area contributed by atoms with E-state index in [1.54, 1.807) is 18.2 Å². The number of non-ortho nitro benzene ring substituents is 1. The van der Waals surface area contributed by atoms with Crippen LogP contribution < -0.4 is 16.2 Å². The number of amides is 3. The fourth-order valence-electron chi connectivity index (χ4n) is 2.45. The standard InChI is InChI=1S/C19H15N5O5/c25-17(11-20-18(26)13-5-3-6-14(10-13)24(28)29)22-23-19(27)16-9-8-12-4-1-2-7-15(12)21-16/h1-10H,11H2,(H,20,26)(H,22,25)(H,23,27). The summed E-state index contributed by atoms with van der Waals surface area (Å²) in [6.45, 7) is -0.438. The molecule has 3 N–H and O–H groups in total. The molecule has 146 valence electrons. The minimum atomic E-state index is -0.682. The van der Waals surface area contributed by atoms with Crippen molar-refractivity contribution in [2.24, 2.45) is 0 Å². The highest BCUT2D eigenvalue weighted by Gasteiger charge is 2.13. The average molecular weight is 393 g/mol. The topological polar surface area (TPSA) is 143 Å². The Bertz CT molecular complexity index is 1110. The Morgan fingerprint density at radius 2 is 1.72 bits per heavy atom. The van der Waals surface area contributed by atoms with Gasteiger partial charge in [0.2, 0.25) is 0 Å². The SMILES string of the molecule is O=C(CNC(=O)c1cccc([N+](=O)[O-])c1)NNC(=O)c1ccc2ccccc2n1. The van der Waals surface area contributed by atoms with E-state index in [1.807, 2.05) is 12.1 Å². The molecule has 0 bridgehead atoms. The van der Waals surface area contributed by atoms with E-state index in [0.717, 1.165) is 11.5 Å². The van der Waals surface area contributed by atoms with Crippen LogP contribution in [0.15, 0.2) is 60.7 Å². The Kier molecular flexibility index (Phi) is 5.74. The van der Waals surface area contributed by atoms with Gasteiger partial charge in [-0.25, -0.2) is 4.98 Å². The van der Waals surface area contributed by atoms with Crippen LogP contribution in [-0.4, -0.2) is 34.2 Å². The van der Waals surface area contributed by atoms with Gasteiger partial charge in [-0.2, -0.15) is 0 Å². The molecule has 0 radical (unpaired) electrons. The first-order valence-electron chi connectivity index (χ1n) is 8.41. The number of aromatic nitrogens is 1. The van der Waals surface area contributed by atoms with E-state index in [9.17, 15) is 24.5 Å². The van der Waals surface area contributed by atoms with Crippen LogP contribution in [0.3, 0.4) is 0 Å². The lowest BCUT2D eigenvalue weighted by Gasteiger charge is -2.08. The second-order valence-electron chi connectivity index (χ2n) is 5.88. The van der Waals surface area contributed by atoms with Gasteiger partial charge in [-0.3, -0.25) is 35.3 Å². The first kappa shape index (κ1) is 19.4. The molecule has 0 atom stereocenters. The molecule has 3 aromatic rings. The van der Waals surface area contributed by atoms with Crippen LogP contribution in [0.5, 0.6) is 0 Å². The van der Waals surface area contributed by atoms with Crippen molar-refractivity contribution < 1.29 is 19.3 Å². The van der Waals surface area contributed by atoms with Crippen LogP contribution in [-0.2, 0) is 4.79 Å². The second kappa shape index (κ2) is 8.57. The number of carbonyl (C=O) groups excluding carboxylic acids is 3. The zero-order valence-corrected chi connectivity index (χ0v) is 14.9. The zero-order valence-electron chi connectivity index (χ0n) is 14.9. The maximum atomic E-state index is 12.1. The number of pyridine rings is 1. The van der Waals surface area contributed by atoms with Crippen LogP contribution in [0.25, 0.3) is 10.9 Å². The molecule has 0 spiro atoms. The van der Waals surface area contributed by atoms with Gasteiger partial charge in [0.25, 0.3) is 23.4 Å². The molecule has 0 unspecified atom stereocenters. The number of hydrogen-bond donors (Lipinski definition) is 3. The predicted octanol–water partition coefficient (Wildman–Crippen LogP) is 1.33. The summed E-state index contributed by atoms with van der Waals surface area (Å²) in [5, 5.41) is 13.9. The Labute approximate surface area is 164 Å². The number of benzene rings is 2. The van der Waals surface area contributed by atoms with Crippen molar-refractivity contribution in [3.05, 3.63) is 82.0 Å². The summed E-state index contributed by atoms with van der Waals surface area (Å²) in [5.41, 5.74) is 4.92. The summed E-state index contributed by atoms with van der Waals surface area (Å²) in [7, 11) is 0. The van der Waals surface area contributed by atoms with E-state index in [0.29, 0.717) is 5.52 Å². The van der Waals surface area contributed by atoms with Gasteiger partial charge in [0.15, 0.2) is 0 Å². The highest BCUT2D eigenvalue weighted by Crippen LogP contribution is 2.13. The van der Waals surface area contributed by atoms with Crippen molar-refractivity contribution >= 4 is 34.3 Å². The Hall–Kier alpha value is -4.34. The fraction of sp³-hybridized carbons (Fsp3) is 0.0526. The summed E-state index contributed by atoms with van der Waals surface area (Å²) in [5.74, 6) is -1.96. The van der Waals surface area contributed by atoms with Crippen molar-refractivity contribution in [3.63, 3.8) is 0 Å². The molecule has 1 aromatic heterocycles. The van der Waals surface area contributed by atoms with Crippen molar-refractivity contribution in [1.29, 1.82) is 0 Å². The van der Waals surface area contributed by atoms with Gasteiger partial charge in [0.05, 0.1) is 17.0 Å². The molecule has 0 fully saturated rings. The van der Waals surface area contributed by atoms with E-state index in [4.69, 9.17) is 0 Å². The van der Waals surface area contributed by atoms with Crippen LogP contribution in [0, 0.1) is 10.1 Å². The van der Waals surface area contributed by atoms with Gasteiger partial charge in [-0.1, -0.05) is 30.3 Å². The lowest BCUT2D eigenvalue weighted by molar-refractivity contribution is -0.384. The second-order valence-corrected chi connectivity index (χ2v) is 5.88. The smallest absolute Gasteiger partial charge is 0.288 e. The summed E-state index contributed by atoms with van der Waals surface area (Å²) >= 11 is 0. The lowest BCUT2D eigenvalue weighted by Crippen LogP contribution is -2.46. The summed E-state index contributed by atoms with van der Waals surface area (Å²) in [6, 6.07) is 15.6. The quantitative estimate of drug-likeness (QED) is 0.441. The first-order valence-corrected chi connectivity index (χ1v) is 8.41. The molecule has 29 heavy (non-hydrogen) atoms. The number of hydrogen-bond acceptors (Lipinski definition) is 6. The van der Waals surface area contributed by atoms with E-state index in [1.165, 1.54) is 24.3 Å². The van der Waals surface area contributed by atoms with Crippen molar-refractivity contribution in [1.82, 2.24) is 21.2 Å². The summed E-state index contributed by atoms with van der Waals surface area (Å²) in [6.07, 6.45) is 0. The van der Waals surface area contributed by atoms with Crippen LogP contribution in [0.4, 0.5) is 5.69 Å². The molecule has 3 amide bonds. The summed E-state index contributed by atoms with van der Waals surface area (Å²) < 4.78 is 0. The zero-order chi connectivity index (χ0) is 20.8. The molecular weight excluding hydrogens is 378 g/mol. The van der Waals surface area contributed by atoms with Crippen LogP contribution in [0.2, 0.25) is 0 Å². The number of fused-ring (bicyclic) bond motifs is 1. The number of para-hydroxylation sites is 1. The maximum absolute atomic E-state index is 12.1. The molecule has 10 heteroatoms. The third kappa shape index (κ3) is 4.89. The van der Waals surface area contributed by atoms with Gasteiger partial charge < -0.3 is 5.32 Å². The molecule has 0 saturated heterocycles. The maximum Gasteiger partial charge on any atom is 0.288 e. The number of nitrogens with one attached hydrogen (secondary N) is 3. The fourth-order valence-corrected chi connectivity index (χ4v) is 2.45. The minimum absolute atomic E-state index is 0.0383. The normalized spacial score (nSPS) is 10.2. The molecule has 2 aromatic carbocycles. The third-order valence-electron chi connectivity index (χ3n) is 3.88. The van der Waals surface area contributed by atoms with E-state index in [-0.39, 0.29) is 16.9 Å². The minimum Gasteiger partial charge on any atom is -0.343 e. The van der Waals surface area contributed by atoms with Crippen molar-refractivity contribution in [2.75, 3.05) is 6.54 Å². The molecule has 10 nitrogen and oxygen atoms in total. The van der Waals surface area contributed by atoms with Crippen LogP contribution in [0.1, 0.15) is 20.8 Å². The van der Waals surface area contributed by atoms with Crippen molar-refractivity contribution in [2.45, 2.75) is 0 Å². The summed E-state index contributed by atoms with van der Waals surface area (Å²) in [4.78, 5) is 50.3. The van der Waals surface area contributed by atoms with Gasteiger partial charge in [-0.05, 0) is 18.2 Å². The number of nitrogens with zero attached hydrogens (tertiary/aromatic N) is 2. The van der Waals surface area contributed by atoms with Gasteiger partial charge in [0, 0.05) is 23.1 Å². The first-order chi connectivity index (χ1) is 13.9. The highest BCUT2D eigenvalue weighted by atomic mass is 16.6.